The van der Waals surface area contributed by atoms with Gasteiger partial charge in [0.25, 0.3) is 0 Å². The molecule has 3 rings (SSSR count). The molecule has 0 unspecified atom stereocenters. The molecule has 0 aliphatic rings. The average Bonchev–Trinajstić information content (AvgIpc) is 2.55. The summed E-state index contributed by atoms with van der Waals surface area (Å²) in [7, 11) is 0. The van der Waals surface area contributed by atoms with E-state index >= 15 is 0 Å². The van der Waals surface area contributed by atoms with E-state index in [1.54, 1.807) is 32.0 Å². The monoisotopic (exact) mass is 410 g/mol. The SMILES string of the molecule is Cc1nc(N[C@H](C)c2cccc(C(F)(F)F)c2)c2nc(Br)ccc2n1. The number of hydrogen-bond donors (Lipinski definition) is 1. The van der Waals surface area contributed by atoms with Crippen molar-refractivity contribution in [2.24, 2.45) is 0 Å². The average molecular weight is 411 g/mol. The molecular weight excluding hydrogens is 397 g/mol. The minimum atomic E-state index is -4.37. The highest BCUT2D eigenvalue weighted by atomic mass is 79.9. The Bertz CT molecular complexity index is 927. The van der Waals surface area contributed by atoms with Crippen LogP contribution in [-0.4, -0.2) is 15.0 Å². The number of hydrogen-bond acceptors (Lipinski definition) is 4. The quantitative estimate of drug-likeness (QED) is 0.596. The predicted octanol–water partition coefficient (Wildman–Crippen LogP) is 5.29. The third-order valence-corrected chi connectivity index (χ3v) is 4.13. The number of aromatic nitrogens is 3. The van der Waals surface area contributed by atoms with Gasteiger partial charge in [0.1, 0.15) is 15.9 Å². The molecule has 1 atom stereocenters. The molecule has 0 radical (unpaired) electrons. The Morgan fingerprint density at radius 1 is 1.08 bits per heavy atom. The van der Waals surface area contributed by atoms with E-state index in [-0.39, 0.29) is 6.04 Å². The Morgan fingerprint density at radius 3 is 2.56 bits per heavy atom. The van der Waals surface area contributed by atoms with Gasteiger partial charge in [-0.05, 0) is 59.6 Å². The third kappa shape index (κ3) is 3.89. The highest BCUT2D eigenvalue weighted by Gasteiger charge is 2.30. The first-order chi connectivity index (χ1) is 11.7. The number of halogens is 4. The zero-order chi connectivity index (χ0) is 18.2. The third-order valence-electron chi connectivity index (χ3n) is 3.69. The summed E-state index contributed by atoms with van der Waals surface area (Å²) in [5.74, 6) is 1.03. The number of pyridine rings is 1. The van der Waals surface area contributed by atoms with E-state index < -0.39 is 11.7 Å². The van der Waals surface area contributed by atoms with Crippen LogP contribution in [0.2, 0.25) is 0 Å². The van der Waals surface area contributed by atoms with Crippen molar-refractivity contribution in [2.45, 2.75) is 26.1 Å². The van der Waals surface area contributed by atoms with Crippen molar-refractivity contribution >= 4 is 32.8 Å². The molecule has 0 fully saturated rings. The molecule has 1 aromatic carbocycles. The maximum Gasteiger partial charge on any atom is 0.416 e. The minimum absolute atomic E-state index is 0.388. The Morgan fingerprint density at radius 2 is 1.84 bits per heavy atom. The Balaban J connectivity index is 1.97. The molecule has 0 saturated heterocycles. The second-order valence-corrected chi connectivity index (χ2v) is 6.42. The van der Waals surface area contributed by atoms with E-state index in [0.717, 1.165) is 12.1 Å². The van der Waals surface area contributed by atoms with Gasteiger partial charge in [0.05, 0.1) is 17.1 Å². The zero-order valence-corrected chi connectivity index (χ0v) is 15.0. The summed E-state index contributed by atoms with van der Waals surface area (Å²) in [6, 6.07) is 8.42. The van der Waals surface area contributed by atoms with Gasteiger partial charge in [0.2, 0.25) is 0 Å². The van der Waals surface area contributed by atoms with E-state index in [4.69, 9.17) is 0 Å². The molecule has 2 aromatic heterocycles. The molecule has 3 aromatic rings. The normalized spacial score (nSPS) is 13.0. The second kappa shape index (κ2) is 6.59. The van der Waals surface area contributed by atoms with Gasteiger partial charge in [0.15, 0.2) is 5.82 Å². The van der Waals surface area contributed by atoms with Crippen LogP contribution in [0, 0.1) is 6.92 Å². The lowest BCUT2D eigenvalue weighted by atomic mass is 10.0. The molecule has 1 N–H and O–H groups in total. The number of aryl methyl sites for hydroxylation is 1. The van der Waals surface area contributed by atoms with Crippen LogP contribution >= 0.6 is 15.9 Å². The summed E-state index contributed by atoms with van der Waals surface area (Å²) < 4.78 is 39.3. The van der Waals surface area contributed by atoms with Crippen molar-refractivity contribution in [1.82, 2.24) is 15.0 Å². The summed E-state index contributed by atoms with van der Waals surface area (Å²) in [5.41, 5.74) is 1.05. The first-order valence-electron chi connectivity index (χ1n) is 7.48. The maximum absolute atomic E-state index is 12.9. The van der Waals surface area contributed by atoms with Gasteiger partial charge < -0.3 is 5.32 Å². The summed E-state index contributed by atoms with van der Waals surface area (Å²) in [5, 5.41) is 3.15. The van der Waals surface area contributed by atoms with Crippen LogP contribution in [0.1, 0.15) is 29.9 Å². The van der Waals surface area contributed by atoms with Crippen molar-refractivity contribution in [3.8, 4) is 0 Å². The van der Waals surface area contributed by atoms with Crippen LogP contribution in [0.4, 0.5) is 19.0 Å². The summed E-state index contributed by atoms with van der Waals surface area (Å²) >= 11 is 3.31. The van der Waals surface area contributed by atoms with E-state index in [1.165, 1.54) is 6.07 Å². The summed E-state index contributed by atoms with van der Waals surface area (Å²) in [6.45, 7) is 3.53. The zero-order valence-electron chi connectivity index (χ0n) is 13.4. The number of anilines is 1. The van der Waals surface area contributed by atoms with Crippen LogP contribution in [0.15, 0.2) is 41.0 Å². The molecule has 0 aliphatic carbocycles. The fourth-order valence-corrected chi connectivity index (χ4v) is 2.79. The lowest BCUT2D eigenvalue weighted by Gasteiger charge is -2.18. The van der Waals surface area contributed by atoms with Gasteiger partial charge >= 0.3 is 6.18 Å². The van der Waals surface area contributed by atoms with Gasteiger partial charge in [-0.3, -0.25) is 0 Å². The predicted molar refractivity (Wildman–Crippen MR) is 93.3 cm³/mol. The fourth-order valence-electron chi connectivity index (χ4n) is 2.48. The number of nitrogens with one attached hydrogen (secondary N) is 1. The molecule has 0 amide bonds. The molecule has 0 spiro atoms. The first-order valence-corrected chi connectivity index (χ1v) is 8.28. The maximum atomic E-state index is 12.9. The molecule has 4 nitrogen and oxygen atoms in total. The van der Waals surface area contributed by atoms with Crippen molar-refractivity contribution in [1.29, 1.82) is 0 Å². The lowest BCUT2D eigenvalue weighted by molar-refractivity contribution is -0.137. The number of rotatable bonds is 3. The van der Waals surface area contributed by atoms with Gasteiger partial charge in [-0.25, -0.2) is 15.0 Å². The van der Waals surface area contributed by atoms with E-state index in [9.17, 15) is 13.2 Å². The Hall–Kier alpha value is -2.22. The molecule has 2 heterocycles. The Kier molecular flexibility index (Phi) is 4.64. The molecule has 0 aliphatic heterocycles. The molecule has 0 saturated carbocycles. The smallest absolute Gasteiger partial charge is 0.362 e. The molecule has 8 heteroatoms. The van der Waals surface area contributed by atoms with Crippen LogP contribution in [-0.2, 0) is 6.18 Å². The van der Waals surface area contributed by atoms with E-state index in [0.29, 0.717) is 32.8 Å². The first kappa shape index (κ1) is 17.6. The fraction of sp³-hybridized carbons (Fsp3) is 0.235. The largest absolute Gasteiger partial charge is 0.416 e. The van der Waals surface area contributed by atoms with Gasteiger partial charge in [-0.1, -0.05) is 12.1 Å². The minimum Gasteiger partial charge on any atom is -0.362 e. The van der Waals surface area contributed by atoms with Crippen LogP contribution in [0.3, 0.4) is 0 Å². The standard InChI is InChI=1S/C17H14BrF3N4/c1-9(11-4-3-5-12(8-11)17(19,20)21)22-16-15-13(23-10(2)24-16)6-7-14(18)25-15/h3-9H,1-2H3,(H,22,23,24)/t9-/m1/s1. The van der Waals surface area contributed by atoms with E-state index in [1.807, 2.05) is 0 Å². The molecular formula is C17H14BrF3N4. The lowest BCUT2D eigenvalue weighted by Crippen LogP contribution is -2.12. The summed E-state index contributed by atoms with van der Waals surface area (Å²) in [6.07, 6.45) is -4.37. The van der Waals surface area contributed by atoms with Crippen LogP contribution in [0.5, 0.6) is 0 Å². The molecule has 0 bridgehead atoms. The highest BCUT2D eigenvalue weighted by Crippen LogP contribution is 2.32. The highest BCUT2D eigenvalue weighted by molar-refractivity contribution is 9.10. The Labute approximate surface area is 150 Å². The number of fused-ring (bicyclic) bond motifs is 1. The van der Waals surface area contributed by atoms with Crippen molar-refractivity contribution < 1.29 is 13.2 Å². The van der Waals surface area contributed by atoms with Crippen LogP contribution < -0.4 is 5.32 Å². The topological polar surface area (TPSA) is 50.7 Å². The van der Waals surface area contributed by atoms with Crippen molar-refractivity contribution in [3.63, 3.8) is 0 Å². The molecule has 130 valence electrons. The number of alkyl halides is 3. The second-order valence-electron chi connectivity index (χ2n) is 5.61. The van der Waals surface area contributed by atoms with Gasteiger partial charge in [-0.2, -0.15) is 13.2 Å². The number of benzene rings is 1. The van der Waals surface area contributed by atoms with Crippen LogP contribution in [0.25, 0.3) is 11.0 Å². The molecule has 25 heavy (non-hydrogen) atoms. The van der Waals surface area contributed by atoms with Gasteiger partial charge in [-0.15, -0.1) is 0 Å². The van der Waals surface area contributed by atoms with Gasteiger partial charge in [0, 0.05) is 0 Å². The van der Waals surface area contributed by atoms with Crippen molar-refractivity contribution in [2.75, 3.05) is 5.32 Å². The number of nitrogens with zero attached hydrogens (tertiary/aromatic N) is 3. The van der Waals surface area contributed by atoms with E-state index in [2.05, 4.69) is 36.2 Å². The van der Waals surface area contributed by atoms with Crippen molar-refractivity contribution in [3.05, 3.63) is 58.0 Å². The summed E-state index contributed by atoms with van der Waals surface area (Å²) in [4.78, 5) is 13.0.